The fourth-order valence-electron chi connectivity index (χ4n) is 4.08. The standard InChI is InChI=1S/C22H22N2O5/c1-23-21(26)15-8-6-14(11-16(15)22(23)27)20(25)24-10-4-5-17(24)13-7-9-18(28-2)19(12-13)29-3/h6-9,11-12,17H,4-5,10H2,1-3H3. The van der Waals surface area contributed by atoms with Gasteiger partial charge in [0.15, 0.2) is 11.5 Å². The van der Waals surface area contributed by atoms with Gasteiger partial charge in [-0.2, -0.15) is 0 Å². The van der Waals surface area contributed by atoms with E-state index in [1.165, 1.54) is 13.1 Å². The zero-order valence-electron chi connectivity index (χ0n) is 16.6. The minimum atomic E-state index is -0.377. The Hall–Kier alpha value is -3.35. The Morgan fingerprint density at radius 3 is 2.41 bits per heavy atom. The molecular formula is C22H22N2O5. The summed E-state index contributed by atoms with van der Waals surface area (Å²) in [6.45, 7) is 0.627. The number of hydrogen-bond donors (Lipinski definition) is 0. The summed E-state index contributed by atoms with van der Waals surface area (Å²) in [7, 11) is 4.61. The predicted molar refractivity (Wildman–Crippen MR) is 105 cm³/mol. The molecule has 2 aromatic carbocycles. The minimum absolute atomic E-state index is 0.0874. The van der Waals surface area contributed by atoms with Crippen LogP contribution in [-0.4, -0.2) is 55.3 Å². The van der Waals surface area contributed by atoms with Crippen molar-refractivity contribution in [2.75, 3.05) is 27.8 Å². The number of likely N-dealkylation sites (tertiary alicyclic amines) is 1. The molecule has 29 heavy (non-hydrogen) atoms. The van der Waals surface area contributed by atoms with Crippen molar-refractivity contribution >= 4 is 17.7 Å². The van der Waals surface area contributed by atoms with Crippen molar-refractivity contribution in [1.29, 1.82) is 0 Å². The van der Waals surface area contributed by atoms with Crippen LogP contribution < -0.4 is 9.47 Å². The first kappa shape index (κ1) is 19.0. The Bertz CT molecular complexity index is 1020. The number of amides is 3. The zero-order chi connectivity index (χ0) is 20.7. The van der Waals surface area contributed by atoms with Gasteiger partial charge in [-0.05, 0) is 48.7 Å². The molecule has 2 aromatic rings. The van der Waals surface area contributed by atoms with Crippen molar-refractivity contribution in [2.24, 2.45) is 0 Å². The molecule has 1 saturated heterocycles. The van der Waals surface area contributed by atoms with Crippen LogP contribution in [-0.2, 0) is 0 Å². The molecule has 2 aliphatic heterocycles. The quantitative estimate of drug-likeness (QED) is 0.746. The molecule has 0 saturated carbocycles. The van der Waals surface area contributed by atoms with E-state index in [9.17, 15) is 14.4 Å². The highest BCUT2D eigenvalue weighted by Gasteiger charge is 2.35. The molecule has 1 fully saturated rings. The summed E-state index contributed by atoms with van der Waals surface area (Å²) >= 11 is 0. The van der Waals surface area contributed by atoms with E-state index in [0.717, 1.165) is 23.3 Å². The van der Waals surface area contributed by atoms with Crippen LogP contribution in [0.15, 0.2) is 36.4 Å². The number of carbonyl (C=O) groups is 3. The molecule has 0 bridgehead atoms. The fraction of sp³-hybridized carbons (Fsp3) is 0.318. The molecule has 1 unspecified atom stereocenters. The van der Waals surface area contributed by atoms with E-state index < -0.39 is 0 Å². The second kappa shape index (κ2) is 7.24. The van der Waals surface area contributed by atoms with Crippen molar-refractivity contribution in [2.45, 2.75) is 18.9 Å². The normalized spacial score (nSPS) is 18.2. The fourth-order valence-corrected chi connectivity index (χ4v) is 4.08. The first-order chi connectivity index (χ1) is 14.0. The maximum atomic E-state index is 13.2. The Labute approximate surface area is 168 Å². The molecule has 2 heterocycles. The maximum Gasteiger partial charge on any atom is 0.261 e. The predicted octanol–water partition coefficient (Wildman–Crippen LogP) is 2.91. The summed E-state index contributed by atoms with van der Waals surface area (Å²) in [5.74, 6) is 0.387. The number of methoxy groups -OCH3 is 2. The van der Waals surface area contributed by atoms with Crippen molar-refractivity contribution in [3.05, 3.63) is 58.7 Å². The number of hydrogen-bond acceptors (Lipinski definition) is 5. The van der Waals surface area contributed by atoms with Crippen LogP contribution in [0.4, 0.5) is 0 Å². The lowest BCUT2D eigenvalue weighted by Crippen LogP contribution is -2.30. The summed E-state index contributed by atoms with van der Waals surface area (Å²) in [5, 5.41) is 0. The van der Waals surface area contributed by atoms with Crippen LogP contribution in [0.25, 0.3) is 0 Å². The number of imide groups is 1. The second-order valence-corrected chi connectivity index (χ2v) is 7.20. The van der Waals surface area contributed by atoms with Gasteiger partial charge in [-0.25, -0.2) is 0 Å². The molecule has 150 valence electrons. The van der Waals surface area contributed by atoms with Gasteiger partial charge in [0.25, 0.3) is 17.7 Å². The molecule has 7 nitrogen and oxygen atoms in total. The van der Waals surface area contributed by atoms with E-state index in [1.54, 1.807) is 26.4 Å². The van der Waals surface area contributed by atoms with Crippen molar-refractivity contribution in [3.63, 3.8) is 0 Å². The SMILES string of the molecule is COc1ccc(C2CCCN2C(=O)c2ccc3c(c2)C(=O)N(C)C3=O)cc1OC. The molecule has 7 heteroatoms. The average molecular weight is 394 g/mol. The minimum Gasteiger partial charge on any atom is -0.493 e. The molecule has 0 radical (unpaired) electrons. The molecule has 0 spiro atoms. The van der Waals surface area contributed by atoms with Crippen LogP contribution >= 0.6 is 0 Å². The van der Waals surface area contributed by atoms with Crippen LogP contribution in [0.5, 0.6) is 11.5 Å². The van der Waals surface area contributed by atoms with E-state index in [4.69, 9.17) is 9.47 Å². The summed E-state index contributed by atoms with van der Waals surface area (Å²) in [6, 6.07) is 10.3. The molecule has 4 rings (SSSR count). The highest BCUT2D eigenvalue weighted by Crippen LogP contribution is 2.38. The van der Waals surface area contributed by atoms with Gasteiger partial charge in [0, 0.05) is 19.2 Å². The number of benzene rings is 2. The monoisotopic (exact) mass is 394 g/mol. The number of ether oxygens (including phenoxy) is 2. The van der Waals surface area contributed by atoms with E-state index >= 15 is 0 Å². The molecule has 0 aliphatic carbocycles. The Kier molecular flexibility index (Phi) is 4.74. The lowest BCUT2D eigenvalue weighted by atomic mass is 10.0. The number of rotatable bonds is 4. The number of nitrogens with zero attached hydrogens (tertiary/aromatic N) is 2. The third-order valence-electron chi connectivity index (χ3n) is 5.64. The van der Waals surface area contributed by atoms with Gasteiger partial charge in [-0.3, -0.25) is 19.3 Å². The highest BCUT2D eigenvalue weighted by molar-refractivity contribution is 6.21. The van der Waals surface area contributed by atoms with E-state index in [-0.39, 0.29) is 29.3 Å². The highest BCUT2D eigenvalue weighted by atomic mass is 16.5. The van der Waals surface area contributed by atoms with Gasteiger partial charge in [-0.15, -0.1) is 0 Å². The van der Waals surface area contributed by atoms with Gasteiger partial charge in [-0.1, -0.05) is 6.07 Å². The second-order valence-electron chi connectivity index (χ2n) is 7.20. The first-order valence-electron chi connectivity index (χ1n) is 9.45. The summed E-state index contributed by atoms with van der Waals surface area (Å²) in [4.78, 5) is 40.5. The van der Waals surface area contributed by atoms with Crippen LogP contribution in [0.1, 0.15) is 55.5 Å². The maximum absolute atomic E-state index is 13.2. The Morgan fingerprint density at radius 2 is 1.69 bits per heavy atom. The van der Waals surface area contributed by atoms with E-state index in [1.807, 2.05) is 23.1 Å². The number of fused-ring (bicyclic) bond motifs is 1. The van der Waals surface area contributed by atoms with Gasteiger partial charge in [0.1, 0.15) is 0 Å². The van der Waals surface area contributed by atoms with Crippen molar-refractivity contribution < 1.29 is 23.9 Å². The molecule has 2 aliphatic rings. The van der Waals surface area contributed by atoms with Gasteiger partial charge >= 0.3 is 0 Å². The summed E-state index contributed by atoms with van der Waals surface area (Å²) in [5.41, 5.74) is 2.00. The Morgan fingerprint density at radius 1 is 0.966 bits per heavy atom. The van der Waals surface area contributed by atoms with Crippen molar-refractivity contribution in [3.8, 4) is 11.5 Å². The molecule has 3 amide bonds. The van der Waals surface area contributed by atoms with Gasteiger partial charge < -0.3 is 14.4 Å². The van der Waals surface area contributed by atoms with E-state index in [2.05, 4.69) is 0 Å². The lowest BCUT2D eigenvalue weighted by Gasteiger charge is -2.26. The van der Waals surface area contributed by atoms with Crippen LogP contribution in [0, 0.1) is 0 Å². The molecular weight excluding hydrogens is 372 g/mol. The third kappa shape index (κ3) is 3.03. The van der Waals surface area contributed by atoms with Gasteiger partial charge in [0.2, 0.25) is 0 Å². The molecule has 1 atom stereocenters. The van der Waals surface area contributed by atoms with Crippen LogP contribution in [0.2, 0.25) is 0 Å². The largest absolute Gasteiger partial charge is 0.493 e. The zero-order valence-corrected chi connectivity index (χ0v) is 16.6. The Balaban J connectivity index is 1.64. The first-order valence-corrected chi connectivity index (χ1v) is 9.45. The van der Waals surface area contributed by atoms with Crippen molar-refractivity contribution in [1.82, 2.24) is 9.80 Å². The van der Waals surface area contributed by atoms with Crippen LogP contribution in [0.3, 0.4) is 0 Å². The third-order valence-corrected chi connectivity index (χ3v) is 5.64. The molecule has 0 N–H and O–H groups in total. The average Bonchev–Trinajstić information content (AvgIpc) is 3.32. The summed E-state index contributed by atoms with van der Waals surface area (Å²) < 4.78 is 10.7. The molecule has 0 aromatic heterocycles. The smallest absolute Gasteiger partial charge is 0.261 e. The van der Waals surface area contributed by atoms with E-state index in [0.29, 0.717) is 29.2 Å². The summed E-state index contributed by atoms with van der Waals surface area (Å²) in [6.07, 6.45) is 1.72. The number of carbonyl (C=O) groups excluding carboxylic acids is 3. The lowest BCUT2D eigenvalue weighted by molar-refractivity contribution is 0.0692. The van der Waals surface area contributed by atoms with Gasteiger partial charge in [0.05, 0.1) is 31.4 Å². The topological polar surface area (TPSA) is 76.2 Å².